The van der Waals surface area contributed by atoms with Crippen LogP contribution in [0.2, 0.25) is 0 Å². The van der Waals surface area contributed by atoms with E-state index in [1.54, 1.807) is 0 Å². The summed E-state index contributed by atoms with van der Waals surface area (Å²) in [5, 5.41) is 0. The summed E-state index contributed by atoms with van der Waals surface area (Å²) in [6.07, 6.45) is 17.4. The third kappa shape index (κ3) is 1.73. The number of carbonyl (C=O) groups excluding carboxylic acids is 1. The van der Waals surface area contributed by atoms with Crippen molar-refractivity contribution in [3.8, 4) is 0 Å². The molecule has 0 aromatic rings. The lowest BCUT2D eigenvalue weighted by molar-refractivity contribution is -0.116. The van der Waals surface area contributed by atoms with Crippen LogP contribution in [0.25, 0.3) is 0 Å². The molecule has 0 unspecified atom stereocenters. The molecule has 21 heavy (non-hydrogen) atoms. The summed E-state index contributed by atoms with van der Waals surface area (Å²) in [5.41, 5.74) is 1.96. The molecule has 4 aliphatic rings. The summed E-state index contributed by atoms with van der Waals surface area (Å²) in [7, 11) is 0. The predicted molar refractivity (Wildman–Crippen MR) is 85.8 cm³/mol. The first-order valence-electron chi connectivity index (χ1n) is 8.66. The standard InChI is InChI=1S/C20H26O/c1-3-20-10-4-5-18(20)16-7-6-14-13-15(21)8-11-19(14,2)17(16)9-12-20/h3,6-7,13,16-18H,1,4-5,8-12H2,2H3/t16-,17+,18+,19+,20+/m1/s1. The third-order valence-electron chi connectivity index (χ3n) is 7.34. The molecule has 1 heteroatoms. The molecule has 112 valence electrons. The molecule has 5 atom stereocenters. The highest BCUT2D eigenvalue weighted by Crippen LogP contribution is 2.63. The Labute approximate surface area is 128 Å². The highest BCUT2D eigenvalue weighted by atomic mass is 16.1. The minimum atomic E-state index is 0.239. The molecule has 0 aromatic carbocycles. The SMILES string of the molecule is C=C[C@@]12CCC[C@H]1[C@@H]1C=CC3=CC(=O)CC[C@]3(C)[C@H]1CC2. The summed E-state index contributed by atoms with van der Waals surface area (Å²) in [6.45, 7) is 6.60. The average molecular weight is 282 g/mol. The van der Waals surface area contributed by atoms with E-state index in [2.05, 4.69) is 31.7 Å². The highest BCUT2D eigenvalue weighted by molar-refractivity contribution is 5.92. The number of rotatable bonds is 1. The van der Waals surface area contributed by atoms with Gasteiger partial charge in [0.05, 0.1) is 0 Å². The van der Waals surface area contributed by atoms with Gasteiger partial charge < -0.3 is 0 Å². The van der Waals surface area contributed by atoms with E-state index in [1.807, 2.05) is 6.08 Å². The maximum Gasteiger partial charge on any atom is 0.156 e. The van der Waals surface area contributed by atoms with Crippen LogP contribution in [-0.2, 0) is 4.79 Å². The van der Waals surface area contributed by atoms with Gasteiger partial charge in [-0.3, -0.25) is 4.79 Å². The number of ketones is 1. The molecule has 0 aromatic heterocycles. The first-order chi connectivity index (χ1) is 10.1. The van der Waals surface area contributed by atoms with Crippen molar-refractivity contribution in [2.24, 2.45) is 28.6 Å². The van der Waals surface area contributed by atoms with Gasteiger partial charge in [-0.25, -0.2) is 0 Å². The highest BCUT2D eigenvalue weighted by Gasteiger charge is 2.55. The molecular formula is C20H26O. The largest absolute Gasteiger partial charge is 0.295 e. The number of hydrogen-bond acceptors (Lipinski definition) is 1. The Morgan fingerprint density at radius 2 is 2.10 bits per heavy atom. The van der Waals surface area contributed by atoms with Crippen LogP contribution < -0.4 is 0 Å². The molecular weight excluding hydrogens is 256 g/mol. The summed E-state index contributed by atoms with van der Waals surface area (Å²) in [4.78, 5) is 11.8. The Morgan fingerprint density at radius 3 is 2.90 bits per heavy atom. The summed E-state index contributed by atoms with van der Waals surface area (Å²) < 4.78 is 0. The molecule has 1 nitrogen and oxygen atoms in total. The van der Waals surface area contributed by atoms with E-state index in [0.717, 1.165) is 24.7 Å². The van der Waals surface area contributed by atoms with Gasteiger partial charge in [0.25, 0.3) is 0 Å². The lowest BCUT2D eigenvalue weighted by Gasteiger charge is -2.55. The molecule has 4 aliphatic carbocycles. The van der Waals surface area contributed by atoms with E-state index in [1.165, 1.54) is 37.7 Å². The van der Waals surface area contributed by atoms with E-state index in [0.29, 0.717) is 17.1 Å². The fourth-order valence-electron chi connectivity index (χ4n) is 6.06. The monoisotopic (exact) mass is 282 g/mol. The van der Waals surface area contributed by atoms with E-state index in [4.69, 9.17) is 0 Å². The van der Waals surface area contributed by atoms with E-state index in [-0.39, 0.29) is 5.41 Å². The number of hydrogen-bond donors (Lipinski definition) is 0. The third-order valence-corrected chi connectivity index (χ3v) is 7.34. The van der Waals surface area contributed by atoms with Crippen molar-refractivity contribution >= 4 is 5.78 Å². The predicted octanol–water partition coefficient (Wildman–Crippen LogP) is 4.85. The molecule has 2 fully saturated rings. The number of carbonyl (C=O) groups is 1. The second kappa shape index (κ2) is 4.44. The topological polar surface area (TPSA) is 17.1 Å². The smallest absolute Gasteiger partial charge is 0.156 e. The van der Waals surface area contributed by atoms with Gasteiger partial charge in [-0.05, 0) is 72.3 Å². The van der Waals surface area contributed by atoms with Crippen molar-refractivity contribution in [2.45, 2.75) is 51.9 Å². The summed E-state index contributed by atoms with van der Waals surface area (Å²) in [6, 6.07) is 0. The van der Waals surface area contributed by atoms with Gasteiger partial charge in [-0.15, -0.1) is 6.58 Å². The number of allylic oxidation sites excluding steroid dienone is 5. The lowest BCUT2D eigenvalue weighted by atomic mass is 9.49. The van der Waals surface area contributed by atoms with Crippen molar-refractivity contribution in [2.75, 3.05) is 0 Å². The van der Waals surface area contributed by atoms with Gasteiger partial charge in [0, 0.05) is 6.42 Å². The van der Waals surface area contributed by atoms with Crippen molar-refractivity contribution in [3.05, 3.63) is 36.5 Å². The van der Waals surface area contributed by atoms with Gasteiger partial charge >= 0.3 is 0 Å². The second-order valence-electron chi connectivity index (χ2n) is 8.00. The van der Waals surface area contributed by atoms with Crippen molar-refractivity contribution < 1.29 is 4.79 Å². The van der Waals surface area contributed by atoms with Crippen LogP contribution in [-0.4, -0.2) is 5.78 Å². The minimum Gasteiger partial charge on any atom is -0.295 e. The molecule has 4 rings (SSSR count). The molecule has 0 N–H and O–H groups in total. The van der Waals surface area contributed by atoms with Crippen LogP contribution in [0.5, 0.6) is 0 Å². The molecule has 0 saturated heterocycles. The zero-order valence-electron chi connectivity index (χ0n) is 13.1. The molecule has 0 amide bonds. The molecule has 0 heterocycles. The normalized spacial score (nSPS) is 48.1. The van der Waals surface area contributed by atoms with E-state index in [9.17, 15) is 4.79 Å². The minimum absolute atomic E-state index is 0.239. The first-order valence-corrected chi connectivity index (χ1v) is 8.66. The Kier molecular flexibility index (Phi) is 2.87. The Balaban J connectivity index is 1.76. The molecule has 0 bridgehead atoms. The van der Waals surface area contributed by atoms with Crippen molar-refractivity contribution in [1.82, 2.24) is 0 Å². The second-order valence-corrected chi connectivity index (χ2v) is 8.00. The van der Waals surface area contributed by atoms with Crippen LogP contribution in [0.3, 0.4) is 0 Å². The van der Waals surface area contributed by atoms with Gasteiger partial charge in [0.2, 0.25) is 0 Å². The van der Waals surface area contributed by atoms with Crippen LogP contribution in [0.1, 0.15) is 51.9 Å². The fourth-order valence-corrected chi connectivity index (χ4v) is 6.06. The fraction of sp³-hybridized carbons (Fsp3) is 0.650. The van der Waals surface area contributed by atoms with Gasteiger partial charge in [0.15, 0.2) is 5.78 Å². The maximum atomic E-state index is 11.8. The summed E-state index contributed by atoms with van der Waals surface area (Å²) >= 11 is 0. The molecule has 2 saturated carbocycles. The van der Waals surface area contributed by atoms with Crippen molar-refractivity contribution in [3.63, 3.8) is 0 Å². The zero-order chi connectivity index (χ0) is 14.7. The van der Waals surface area contributed by atoms with E-state index < -0.39 is 0 Å². The maximum absolute atomic E-state index is 11.8. The molecule has 0 radical (unpaired) electrons. The first kappa shape index (κ1) is 13.5. The Hall–Kier alpha value is -1.11. The van der Waals surface area contributed by atoms with Crippen LogP contribution >= 0.6 is 0 Å². The van der Waals surface area contributed by atoms with Crippen LogP contribution in [0, 0.1) is 28.6 Å². The van der Waals surface area contributed by atoms with Crippen molar-refractivity contribution in [1.29, 1.82) is 0 Å². The van der Waals surface area contributed by atoms with Crippen LogP contribution in [0.15, 0.2) is 36.5 Å². The van der Waals surface area contributed by atoms with Crippen LogP contribution in [0.4, 0.5) is 0 Å². The quantitative estimate of drug-likeness (QED) is 0.628. The number of fused-ring (bicyclic) bond motifs is 5. The van der Waals surface area contributed by atoms with Gasteiger partial charge in [-0.2, -0.15) is 0 Å². The Bertz CT molecular complexity index is 554. The molecule has 0 spiro atoms. The lowest BCUT2D eigenvalue weighted by Crippen LogP contribution is -2.47. The molecule has 0 aliphatic heterocycles. The van der Waals surface area contributed by atoms with Gasteiger partial charge in [-0.1, -0.05) is 31.6 Å². The summed E-state index contributed by atoms with van der Waals surface area (Å²) in [5.74, 6) is 2.55. The average Bonchev–Trinajstić information content (AvgIpc) is 2.92. The zero-order valence-corrected chi connectivity index (χ0v) is 13.1. The Morgan fingerprint density at radius 1 is 1.24 bits per heavy atom. The van der Waals surface area contributed by atoms with Gasteiger partial charge in [0.1, 0.15) is 0 Å². The van der Waals surface area contributed by atoms with E-state index >= 15 is 0 Å².